The molecule has 0 unspecified atom stereocenters. The number of aryl methyl sites for hydroxylation is 1. The third kappa shape index (κ3) is 4.24. The predicted molar refractivity (Wildman–Crippen MR) is 83.4 cm³/mol. The largest absolute Gasteiger partial charge is 0.492 e. The summed E-state index contributed by atoms with van der Waals surface area (Å²) in [7, 11) is 0. The molecular formula is C17H19NO3. The highest BCUT2D eigenvalue weighted by Crippen LogP contribution is 2.23. The van der Waals surface area contributed by atoms with Crippen LogP contribution in [-0.2, 0) is 11.2 Å². The minimum absolute atomic E-state index is 0.225. The second kappa shape index (κ2) is 7.33. The maximum absolute atomic E-state index is 11.9. The van der Waals surface area contributed by atoms with Crippen molar-refractivity contribution in [3.05, 3.63) is 54.0 Å². The number of hydrogen-bond acceptors (Lipinski definition) is 3. The normalized spacial score (nSPS) is 10.8. The molecular weight excluding hydrogens is 266 g/mol. The van der Waals surface area contributed by atoms with Gasteiger partial charge in [-0.05, 0) is 37.3 Å². The van der Waals surface area contributed by atoms with Crippen LogP contribution in [0.4, 0.5) is 5.69 Å². The highest BCUT2D eigenvalue weighted by atomic mass is 16.5. The molecule has 0 saturated carbocycles. The Kier molecular flexibility index (Phi) is 5.21. The summed E-state index contributed by atoms with van der Waals surface area (Å²) in [6, 6.07) is 11.1. The first-order chi connectivity index (χ1) is 10.2. The molecule has 2 aromatic rings. The Balaban J connectivity index is 2.01. The molecule has 0 aliphatic rings. The van der Waals surface area contributed by atoms with Gasteiger partial charge < -0.3 is 14.5 Å². The van der Waals surface area contributed by atoms with E-state index in [2.05, 4.69) is 5.32 Å². The van der Waals surface area contributed by atoms with Crippen LogP contribution in [0.3, 0.4) is 0 Å². The van der Waals surface area contributed by atoms with Crippen molar-refractivity contribution in [2.45, 2.75) is 20.3 Å². The van der Waals surface area contributed by atoms with Gasteiger partial charge in [-0.15, -0.1) is 0 Å². The zero-order chi connectivity index (χ0) is 15.1. The van der Waals surface area contributed by atoms with Crippen molar-refractivity contribution >= 4 is 17.7 Å². The molecule has 0 fully saturated rings. The first-order valence-corrected chi connectivity index (χ1v) is 7.02. The van der Waals surface area contributed by atoms with Gasteiger partial charge in [-0.2, -0.15) is 0 Å². The smallest absolute Gasteiger partial charge is 0.248 e. The first-order valence-electron chi connectivity index (χ1n) is 7.02. The number of para-hydroxylation sites is 2. The molecule has 1 N–H and O–H groups in total. The molecule has 21 heavy (non-hydrogen) atoms. The number of amides is 1. The van der Waals surface area contributed by atoms with Crippen LogP contribution in [0.25, 0.3) is 6.08 Å². The van der Waals surface area contributed by atoms with Crippen LogP contribution >= 0.6 is 0 Å². The van der Waals surface area contributed by atoms with E-state index in [0.717, 1.165) is 12.2 Å². The SMILES string of the molecule is CCOc1ccccc1NC(=O)/C=C/c1ccc(CC)o1. The monoisotopic (exact) mass is 285 g/mol. The van der Waals surface area contributed by atoms with E-state index in [1.54, 1.807) is 12.1 Å². The van der Waals surface area contributed by atoms with Crippen molar-refractivity contribution in [1.82, 2.24) is 0 Å². The van der Waals surface area contributed by atoms with Crippen LogP contribution in [0.2, 0.25) is 0 Å². The molecule has 4 nitrogen and oxygen atoms in total. The van der Waals surface area contributed by atoms with Gasteiger partial charge in [0.25, 0.3) is 0 Å². The predicted octanol–water partition coefficient (Wildman–Crippen LogP) is 3.89. The number of rotatable bonds is 6. The lowest BCUT2D eigenvalue weighted by atomic mass is 10.3. The zero-order valence-corrected chi connectivity index (χ0v) is 12.3. The van der Waals surface area contributed by atoms with Crippen molar-refractivity contribution in [2.75, 3.05) is 11.9 Å². The van der Waals surface area contributed by atoms with Gasteiger partial charge in [0.2, 0.25) is 5.91 Å². The molecule has 2 rings (SSSR count). The fraction of sp³-hybridized carbons (Fsp3) is 0.235. The number of furan rings is 1. The van der Waals surface area contributed by atoms with Crippen LogP contribution in [0.15, 0.2) is 46.9 Å². The van der Waals surface area contributed by atoms with E-state index in [4.69, 9.17) is 9.15 Å². The maximum atomic E-state index is 11.9. The van der Waals surface area contributed by atoms with Crippen molar-refractivity contribution in [3.63, 3.8) is 0 Å². The Morgan fingerprint density at radius 1 is 1.24 bits per heavy atom. The third-order valence-corrected chi connectivity index (χ3v) is 2.87. The Hall–Kier alpha value is -2.49. The van der Waals surface area contributed by atoms with E-state index in [1.165, 1.54) is 6.08 Å². The highest BCUT2D eigenvalue weighted by molar-refractivity contribution is 6.02. The summed E-state index contributed by atoms with van der Waals surface area (Å²) < 4.78 is 11.0. The van der Waals surface area contributed by atoms with Crippen LogP contribution in [0.5, 0.6) is 5.75 Å². The molecule has 4 heteroatoms. The van der Waals surface area contributed by atoms with E-state index in [9.17, 15) is 4.79 Å². The summed E-state index contributed by atoms with van der Waals surface area (Å²) in [5.74, 6) is 2.00. The van der Waals surface area contributed by atoms with Crippen molar-refractivity contribution in [1.29, 1.82) is 0 Å². The van der Waals surface area contributed by atoms with Crippen LogP contribution < -0.4 is 10.1 Å². The number of benzene rings is 1. The molecule has 1 heterocycles. The molecule has 0 bridgehead atoms. The second-order valence-corrected chi connectivity index (χ2v) is 4.41. The van der Waals surface area contributed by atoms with Gasteiger partial charge in [0.15, 0.2) is 0 Å². The Bertz CT molecular complexity index is 628. The Labute approximate surface area is 124 Å². The average Bonchev–Trinajstić information content (AvgIpc) is 2.95. The molecule has 0 radical (unpaired) electrons. The summed E-state index contributed by atoms with van der Waals surface area (Å²) in [6.07, 6.45) is 3.93. The maximum Gasteiger partial charge on any atom is 0.248 e. The van der Waals surface area contributed by atoms with Crippen LogP contribution in [-0.4, -0.2) is 12.5 Å². The van der Waals surface area contributed by atoms with Crippen molar-refractivity contribution in [2.24, 2.45) is 0 Å². The molecule has 0 aliphatic heterocycles. The van der Waals surface area contributed by atoms with Gasteiger partial charge in [0.05, 0.1) is 12.3 Å². The number of hydrogen-bond donors (Lipinski definition) is 1. The molecule has 0 aliphatic carbocycles. The van der Waals surface area contributed by atoms with Crippen molar-refractivity contribution < 1.29 is 13.9 Å². The van der Waals surface area contributed by atoms with E-state index in [0.29, 0.717) is 23.8 Å². The van der Waals surface area contributed by atoms with Crippen LogP contribution in [0, 0.1) is 0 Å². The number of carbonyl (C=O) groups is 1. The summed E-state index contributed by atoms with van der Waals surface area (Å²) >= 11 is 0. The Morgan fingerprint density at radius 3 is 2.76 bits per heavy atom. The lowest BCUT2D eigenvalue weighted by Gasteiger charge is -2.09. The number of carbonyl (C=O) groups excluding carboxylic acids is 1. The molecule has 0 spiro atoms. The second-order valence-electron chi connectivity index (χ2n) is 4.41. The first kappa shape index (κ1) is 14.9. The molecule has 1 aromatic heterocycles. The van der Waals surface area contributed by atoms with E-state index in [-0.39, 0.29) is 5.91 Å². The van der Waals surface area contributed by atoms with Gasteiger partial charge in [0.1, 0.15) is 17.3 Å². The standard InChI is InChI=1S/C17H19NO3/c1-3-13-9-10-14(21-13)11-12-17(19)18-15-7-5-6-8-16(15)20-4-2/h5-12H,3-4H2,1-2H3,(H,18,19)/b12-11+. The lowest BCUT2D eigenvalue weighted by molar-refractivity contribution is -0.111. The van der Waals surface area contributed by atoms with E-state index in [1.807, 2.05) is 44.2 Å². The van der Waals surface area contributed by atoms with E-state index >= 15 is 0 Å². The van der Waals surface area contributed by atoms with Gasteiger partial charge in [-0.1, -0.05) is 19.1 Å². The summed E-state index contributed by atoms with van der Waals surface area (Å²) in [5, 5.41) is 2.79. The summed E-state index contributed by atoms with van der Waals surface area (Å²) in [4.78, 5) is 11.9. The third-order valence-electron chi connectivity index (χ3n) is 2.87. The summed E-state index contributed by atoms with van der Waals surface area (Å²) in [6.45, 7) is 4.47. The number of anilines is 1. The number of ether oxygens (including phenoxy) is 1. The minimum atomic E-state index is -0.225. The van der Waals surface area contributed by atoms with Crippen LogP contribution in [0.1, 0.15) is 25.4 Å². The zero-order valence-electron chi connectivity index (χ0n) is 12.3. The van der Waals surface area contributed by atoms with Gasteiger partial charge >= 0.3 is 0 Å². The van der Waals surface area contributed by atoms with Gasteiger partial charge in [-0.3, -0.25) is 4.79 Å². The number of nitrogens with one attached hydrogen (secondary N) is 1. The quantitative estimate of drug-likeness (QED) is 0.819. The van der Waals surface area contributed by atoms with Gasteiger partial charge in [-0.25, -0.2) is 0 Å². The van der Waals surface area contributed by atoms with Crippen molar-refractivity contribution in [3.8, 4) is 5.75 Å². The lowest BCUT2D eigenvalue weighted by Crippen LogP contribution is -2.09. The molecule has 110 valence electrons. The molecule has 1 amide bonds. The summed E-state index contributed by atoms with van der Waals surface area (Å²) in [5.41, 5.74) is 0.655. The molecule has 0 saturated heterocycles. The Morgan fingerprint density at radius 2 is 2.05 bits per heavy atom. The topological polar surface area (TPSA) is 51.5 Å². The molecule has 0 atom stereocenters. The fourth-order valence-electron chi connectivity index (χ4n) is 1.86. The van der Waals surface area contributed by atoms with Gasteiger partial charge in [0, 0.05) is 12.5 Å². The van der Waals surface area contributed by atoms with E-state index < -0.39 is 0 Å². The fourth-order valence-corrected chi connectivity index (χ4v) is 1.86. The highest BCUT2D eigenvalue weighted by Gasteiger charge is 2.05. The minimum Gasteiger partial charge on any atom is -0.492 e. The average molecular weight is 285 g/mol. The molecule has 1 aromatic carbocycles.